The van der Waals surface area contributed by atoms with Gasteiger partial charge in [0.05, 0.1) is 6.04 Å². The number of nitrogens with one attached hydrogen (secondary N) is 1. The van der Waals surface area contributed by atoms with Crippen LogP contribution in [0.4, 0.5) is 0 Å². The van der Waals surface area contributed by atoms with Gasteiger partial charge in [-0.3, -0.25) is 0 Å². The van der Waals surface area contributed by atoms with Gasteiger partial charge in [0.2, 0.25) is 0 Å². The van der Waals surface area contributed by atoms with E-state index in [0.29, 0.717) is 10.0 Å². The topological polar surface area (TPSA) is 12.0 Å². The van der Waals surface area contributed by atoms with Gasteiger partial charge in [0.25, 0.3) is 0 Å². The van der Waals surface area contributed by atoms with E-state index in [0.717, 1.165) is 22.7 Å². The predicted octanol–water partition coefficient (Wildman–Crippen LogP) is 5.35. The maximum Gasteiger partial charge on any atom is 0.0591 e. The fourth-order valence-electron chi connectivity index (χ4n) is 2.00. The molecule has 1 nitrogen and oxygen atoms in total. The molecule has 1 N–H and O–H groups in total. The molecule has 0 bridgehead atoms. The Morgan fingerprint density at radius 2 is 1.58 bits per heavy atom. The Hall–Kier alpha value is -0.730. The van der Waals surface area contributed by atoms with Crippen molar-refractivity contribution in [1.29, 1.82) is 0 Å². The zero-order valence-corrected chi connectivity index (χ0v) is 12.7. The molecule has 0 radical (unpaired) electrons. The fraction of sp³-hybridized carbons (Fsp3) is 0.200. The second kappa shape index (κ2) is 6.62. The van der Waals surface area contributed by atoms with Gasteiger partial charge >= 0.3 is 0 Å². The summed E-state index contributed by atoms with van der Waals surface area (Å²) in [6.45, 7) is 2.89. The zero-order valence-electron chi connectivity index (χ0n) is 10.5. The van der Waals surface area contributed by atoms with Gasteiger partial charge in [0.15, 0.2) is 0 Å². The fourth-order valence-corrected chi connectivity index (χ4v) is 2.54. The Morgan fingerprint density at radius 1 is 0.947 bits per heavy atom. The lowest BCUT2D eigenvalue weighted by molar-refractivity contribution is 0.631. The minimum atomic E-state index is 0.00784. The molecule has 1 unspecified atom stereocenters. The normalized spacial score (nSPS) is 12.4. The van der Waals surface area contributed by atoms with Crippen molar-refractivity contribution in [2.24, 2.45) is 0 Å². The maximum absolute atomic E-state index is 6.28. The van der Waals surface area contributed by atoms with Crippen molar-refractivity contribution in [2.75, 3.05) is 6.54 Å². The third kappa shape index (κ3) is 3.64. The lowest BCUT2D eigenvalue weighted by Crippen LogP contribution is -2.22. The summed E-state index contributed by atoms with van der Waals surface area (Å²) >= 11 is 18.3. The van der Waals surface area contributed by atoms with E-state index in [1.54, 1.807) is 6.07 Å². The first-order chi connectivity index (χ1) is 9.11. The molecule has 0 aliphatic rings. The highest BCUT2D eigenvalue weighted by molar-refractivity contribution is 6.33. The lowest BCUT2D eigenvalue weighted by Gasteiger charge is -2.20. The van der Waals surface area contributed by atoms with Crippen LogP contribution >= 0.6 is 34.8 Å². The van der Waals surface area contributed by atoms with E-state index in [1.165, 1.54) is 0 Å². The molecule has 0 saturated heterocycles. The van der Waals surface area contributed by atoms with Gasteiger partial charge in [-0.05, 0) is 48.0 Å². The zero-order chi connectivity index (χ0) is 13.8. The van der Waals surface area contributed by atoms with E-state index >= 15 is 0 Å². The van der Waals surface area contributed by atoms with Crippen molar-refractivity contribution < 1.29 is 0 Å². The molecule has 0 amide bonds. The molecule has 0 spiro atoms. The molecule has 0 heterocycles. The smallest absolute Gasteiger partial charge is 0.0591 e. The number of hydrogen-bond donors (Lipinski definition) is 1. The van der Waals surface area contributed by atoms with Crippen molar-refractivity contribution in [3.05, 3.63) is 68.7 Å². The highest BCUT2D eigenvalue weighted by Gasteiger charge is 2.16. The van der Waals surface area contributed by atoms with Crippen LogP contribution in [0.5, 0.6) is 0 Å². The van der Waals surface area contributed by atoms with Crippen molar-refractivity contribution >= 4 is 34.8 Å². The molecule has 0 aliphatic heterocycles. The summed E-state index contributed by atoms with van der Waals surface area (Å²) in [6.07, 6.45) is 0. The molecule has 1 atom stereocenters. The van der Waals surface area contributed by atoms with Crippen molar-refractivity contribution in [2.45, 2.75) is 13.0 Å². The van der Waals surface area contributed by atoms with Crippen molar-refractivity contribution in [3.8, 4) is 0 Å². The van der Waals surface area contributed by atoms with E-state index in [-0.39, 0.29) is 6.04 Å². The van der Waals surface area contributed by atoms with E-state index in [4.69, 9.17) is 34.8 Å². The van der Waals surface area contributed by atoms with Gasteiger partial charge in [-0.2, -0.15) is 0 Å². The Morgan fingerprint density at radius 3 is 2.21 bits per heavy atom. The van der Waals surface area contributed by atoms with Crippen LogP contribution in [0.1, 0.15) is 24.1 Å². The average Bonchev–Trinajstić information content (AvgIpc) is 2.40. The van der Waals surface area contributed by atoms with Crippen LogP contribution < -0.4 is 5.32 Å². The summed E-state index contributed by atoms with van der Waals surface area (Å²) in [5, 5.41) is 5.51. The first kappa shape index (κ1) is 14.7. The van der Waals surface area contributed by atoms with Gasteiger partial charge in [-0.15, -0.1) is 0 Å². The van der Waals surface area contributed by atoms with Crippen molar-refractivity contribution in [3.63, 3.8) is 0 Å². The monoisotopic (exact) mass is 313 g/mol. The molecule has 0 aliphatic carbocycles. The Bertz CT molecular complexity index is 552. The molecular formula is C15H14Cl3N. The van der Waals surface area contributed by atoms with Gasteiger partial charge in [0, 0.05) is 15.1 Å². The number of benzene rings is 2. The van der Waals surface area contributed by atoms with Crippen LogP contribution in [0.15, 0.2) is 42.5 Å². The largest absolute Gasteiger partial charge is 0.306 e. The van der Waals surface area contributed by atoms with Crippen molar-refractivity contribution in [1.82, 2.24) is 5.32 Å². The van der Waals surface area contributed by atoms with Gasteiger partial charge in [-0.1, -0.05) is 53.9 Å². The molecule has 0 saturated carbocycles. The Kier molecular flexibility index (Phi) is 5.12. The maximum atomic E-state index is 6.28. The molecule has 0 fully saturated rings. The summed E-state index contributed by atoms with van der Waals surface area (Å²) in [7, 11) is 0. The second-order valence-electron chi connectivity index (χ2n) is 4.21. The van der Waals surface area contributed by atoms with Gasteiger partial charge in [-0.25, -0.2) is 0 Å². The first-order valence-corrected chi connectivity index (χ1v) is 7.19. The second-order valence-corrected chi connectivity index (χ2v) is 5.49. The van der Waals surface area contributed by atoms with E-state index < -0.39 is 0 Å². The third-order valence-electron chi connectivity index (χ3n) is 2.88. The van der Waals surface area contributed by atoms with Crippen LogP contribution in [0.3, 0.4) is 0 Å². The SMILES string of the molecule is CCNC(c1ccc(Cl)cc1)c1cc(Cl)ccc1Cl. The summed E-state index contributed by atoms with van der Waals surface area (Å²) < 4.78 is 0. The number of rotatable bonds is 4. The molecule has 2 aromatic rings. The van der Waals surface area contributed by atoms with Crippen LogP contribution in [-0.2, 0) is 0 Å². The molecule has 2 rings (SSSR count). The van der Waals surface area contributed by atoms with E-state index in [9.17, 15) is 0 Å². The molecule has 100 valence electrons. The van der Waals surface area contributed by atoms with Crippen LogP contribution in [0.25, 0.3) is 0 Å². The highest BCUT2D eigenvalue weighted by atomic mass is 35.5. The Balaban J connectivity index is 2.44. The molecule has 2 aromatic carbocycles. The van der Waals surface area contributed by atoms with Crippen LogP contribution in [-0.4, -0.2) is 6.54 Å². The highest BCUT2D eigenvalue weighted by Crippen LogP contribution is 2.31. The van der Waals surface area contributed by atoms with Crippen LogP contribution in [0, 0.1) is 0 Å². The number of halogens is 3. The van der Waals surface area contributed by atoms with Gasteiger partial charge < -0.3 is 5.32 Å². The summed E-state index contributed by atoms with van der Waals surface area (Å²) in [4.78, 5) is 0. The summed E-state index contributed by atoms with van der Waals surface area (Å²) in [5.74, 6) is 0. The minimum Gasteiger partial charge on any atom is -0.306 e. The predicted molar refractivity (Wildman–Crippen MR) is 83.4 cm³/mol. The Labute approximate surface area is 128 Å². The molecule has 0 aromatic heterocycles. The first-order valence-electron chi connectivity index (χ1n) is 6.05. The third-order valence-corrected chi connectivity index (χ3v) is 3.71. The molecule has 4 heteroatoms. The van der Waals surface area contributed by atoms with E-state index in [2.05, 4.69) is 12.2 Å². The van der Waals surface area contributed by atoms with Gasteiger partial charge in [0.1, 0.15) is 0 Å². The minimum absolute atomic E-state index is 0.00784. The molecular weight excluding hydrogens is 301 g/mol. The average molecular weight is 315 g/mol. The standard InChI is InChI=1S/C15H14Cl3N/c1-2-19-15(10-3-5-11(16)6-4-10)13-9-12(17)7-8-14(13)18/h3-9,15,19H,2H2,1H3. The summed E-state index contributed by atoms with van der Waals surface area (Å²) in [6, 6.07) is 13.2. The quantitative estimate of drug-likeness (QED) is 0.802. The molecule has 19 heavy (non-hydrogen) atoms. The number of hydrogen-bond acceptors (Lipinski definition) is 1. The van der Waals surface area contributed by atoms with Crippen LogP contribution in [0.2, 0.25) is 15.1 Å². The summed E-state index contributed by atoms with van der Waals surface area (Å²) in [5.41, 5.74) is 2.08. The van der Waals surface area contributed by atoms with E-state index in [1.807, 2.05) is 36.4 Å². The lowest BCUT2D eigenvalue weighted by atomic mass is 9.98.